The van der Waals surface area contributed by atoms with E-state index in [1.54, 1.807) is 4.90 Å². The Morgan fingerprint density at radius 2 is 1.80 bits per heavy atom. The lowest BCUT2D eigenvalue weighted by molar-refractivity contribution is -0.116. The zero-order valence-electron chi connectivity index (χ0n) is 17.0. The van der Waals surface area contributed by atoms with Crippen molar-refractivity contribution in [1.82, 2.24) is 9.88 Å². The molecule has 0 spiro atoms. The molecule has 1 aromatic heterocycles. The lowest BCUT2D eigenvalue weighted by Gasteiger charge is -2.21. The highest BCUT2D eigenvalue weighted by molar-refractivity contribution is 8.00. The summed E-state index contributed by atoms with van der Waals surface area (Å²) in [7, 11) is 4.06. The first-order chi connectivity index (χ1) is 13.8. The second kappa shape index (κ2) is 11.6. The lowest BCUT2D eigenvalue weighted by atomic mass is 10.2. The minimum Gasteiger partial charge on any atom is -0.309 e. The number of carbonyl (C=O) groups excluding carboxylic acids is 1. The fourth-order valence-electron chi connectivity index (χ4n) is 2.83. The van der Waals surface area contributed by atoms with E-state index in [1.165, 1.54) is 23.1 Å². The second-order valence-corrected chi connectivity index (χ2v) is 9.85. The van der Waals surface area contributed by atoms with Gasteiger partial charge in [-0.2, -0.15) is 0 Å². The van der Waals surface area contributed by atoms with Gasteiger partial charge in [0.05, 0.1) is 21.0 Å². The zero-order chi connectivity index (χ0) is 21.0. The molecular formula is C21H24Cl3N3OS2. The van der Waals surface area contributed by atoms with Crippen molar-refractivity contribution in [1.29, 1.82) is 0 Å². The minimum absolute atomic E-state index is 0. The Balaban J connectivity index is 0.00000320. The van der Waals surface area contributed by atoms with Crippen molar-refractivity contribution in [2.75, 3.05) is 37.8 Å². The normalized spacial score (nSPS) is 11.0. The van der Waals surface area contributed by atoms with Gasteiger partial charge in [0.25, 0.3) is 0 Å². The van der Waals surface area contributed by atoms with Crippen molar-refractivity contribution in [3.63, 3.8) is 0 Å². The number of aryl methyl sites for hydroxylation is 1. The van der Waals surface area contributed by atoms with Gasteiger partial charge in [0, 0.05) is 16.5 Å². The van der Waals surface area contributed by atoms with E-state index in [0.29, 0.717) is 27.5 Å². The van der Waals surface area contributed by atoms with Crippen molar-refractivity contribution in [3.05, 3.63) is 52.0 Å². The number of hydrogen-bond donors (Lipinski definition) is 0. The Labute approximate surface area is 202 Å². The Hall–Kier alpha value is -1.02. The van der Waals surface area contributed by atoms with Crippen molar-refractivity contribution in [3.8, 4) is 0 Å². The van der Waals surface area contributed by atoms with Crippen LogP contribution < -0.4 is 4.90 Å². The van der Waals surface area contributed by atoms with Crippen molar-refractivity contribution >= 4 is 80.0 Å². The van der Waals surface area contributed by atoms with Crippen LogP contribution in [-0.4, -0.2) is 48.7 Å². The maximum Gasteiger partial charge on any atom is 0.239 e. The Kier molecular flexibility index (Phi) is 9.72. The fraction of sp³-hybridized carbons (Fsp3) is 0.333. The summed E-state index contributed by atoms with van der Waals surface area (Å²) in [5.41, 5.74) is 1.93. The number of nitrogens with zero attached hydrogens (tertiary/aromatic N) is 3. The van der Waals surface area contributed by atoms with Crippen LogP contribution >= 0.6 is 58.7 Å². The van der Waals surface area contributed by atoms with Crippen molar-refractivity contribution < 1.29 is 4.79 Å². The molecule has 3 rings (SSSR count). The van der Waals surface area contributed by atoms with E-state index in [-0.39, 0.29) is 18.3 Å². The Bertz CT molecular complexity index is 954. The van der Waals surface area contributed by atoms with E-state index in [1.807, 2.05) is 57.4 Å². The number of thioether (sulfide) groups is 1. The summed E-state index contributed by atoms with van der Waals surface area (Å²) in [6.07, 6.45) is 0.868. The average Bonchev–Trinajstić information content (AvgIpc) is 3.14. The van der Waals surface area contributed by atoms with Crippen LogP contribution in [0, 0.1) is 6.92 Å². The highest BCUT2D eigenvalue weighted by Gasteiger charge is 2.21. The molecule has 162 valence electrons. The lowest BCUT2D eigenvalue weighted by Crippen LogP contribution is -2.34. The van der Waals surface area contributed by atoms with Gasteiger partial charge >= 0.3 is 0 Å². The largest absolute Gasteiger partial charge is 0.309 e. The third-order valence-electron chi connectivity index (χ3n) is 4.38. The van der Waals surface area contributed by atoms with Gasteiger partial charge in [-0.15, -0.1) is 24.2 Å². The summed E-state index contributed by atoms with van der Waals surface area (Å²) in [5.74, 6) is 0.378. The molecule has 0 bridgehead atoms. The first kappa shape index (κ1) is 25.2. The number of fused-ring (bicyclic) bond motifs is 1. The van der Waals surface area contributed by atoms with Gasteiger partial charge in [-0.3, -0.25) is 9.69 Å². The van der Waals surface area contributed by atoms with Gasteiger partial charge < -0.3 is 4.90 Å². The summed E-state index contributed by atoms with van der Waals surface area (Å²) in [5, 5.41) is 2.06. The number of amides is 1. The number of anilines is 1. The van der Waals surface area contributed by atoms with Crippen LogP contribution in [0.1, 0.15) is 12.0 Å². The van der Waals surface area contributed by atoms with Crippen LogP contribution in [0.25, 0.3) is 10.2 Å². The highest BCUT2D eigenvalue weighted by Crippen LogP contribution is 2.36. The first-order valence-electron chi connectivity index (χ1n) is 9.24. The van der Waals surface area contributed by atoms with Gasteiger partial charge in [0.2, 0.25) is 5.91 Å². The molecule has 0 fully saturated rings. The van der Waals surface area contributed by atoms with Crippen LogP contribution in [0.4, 0.5) is 5.13 Å². The summed E-state index contributed by atoms with van der Waals surface area (Å²) in [6.45, 7) is 3.53. The van der Waals surface area contributed by atoms with E-state index in [0.717, 1.165) is 33.6 Å². The molecule has 0 saturated carbocycles. The Morgan fingerprint density at radius 3 is 2.43 bits per heavy atom. The summed E-state index contributed by atoms with van der Waals surface area (Å²) >= 11 is 15.3. The van der Waals surface area contributed by atoms with E-state index in [2.05, 4.69) is 4.90 Å². The summed E-state index contributed by atoms with van der Waals surface area (Å²) < 4.78 is 0.928. The van der Waals surface area contributed by atoms with Gasteiger partial charge in [-0.1, -0.05) is 40.6 Å². The second-order valence-electron chi connectivity index (χ2n) is 6.98. The number of halogens is 3. The molecule has 9 heteroatoms. The van der Waals surface area contributed by atoms with Crippen molar-refractivity contribution in [2.24, 2.45) is 0 Å². The van der Waals surface area contributed by atoms with Crippen molar-refractivity contribution in [2.45, 2.75) is 18.2 Å². The monoisotopic (exact) mass is 503 g/mol. The number of benzene rings is 2. The number of aromatic nitrogens is 1. The Morgan fingerprint density at radius 1 is 1.10 bits per heavy atom. The third kappa shape index (κ3) is 6.49. The molecule has 4 nitrogen and oxygen atoms in total. The first-order valence-corrected chi connectivity index (χ1v) is 11.8. The molecule has 0 radical (unpaired) electrons. The molecule has 0 aliphatic carbocycles. The van der Waals surface area contributed by atoms with Crippen LogP contribution in [0.2, 0.25) is 10.0 Å². The van der Waals surface area contributed by atoms with E-state index >= 15 is 0 Å². The minimum atomic E-state index is 0. The predicted octanol–water partition coefficient (Wildman–Crippen LogP) is 6.41. The molecule has 0 atom stereocenters. The van der Waals surface area contributed by atoms with Gasteiger partial charge in [0.1, 0.15) is 0 Å². The molecule has 0 saturated heterocycles. The molecule has 0 aliphatic heterocycles. The topological polar surface area (TPSA) is 36.4 Å². The SMILES string of the molecule is Cc1ccc(Cl)c2sc(N(CCCN(C)C)C(=O)CSc3ccc(Cl)cc3)nc12.Cl. The standard InChI is InChI=1S/C21H23Cl2N3OS2.ClH/c1-14-5-10-17(23)20-19(14)24-21(29-20)26(12-4-11-25(2)3)18(27)13-28-16-8-6-15(22)7-9-16;/h5-10H,4,11-13H2,1-3H3;1H. The third-order valence-corrected chi connectivity index (χ3v) is 7.17. The van der Waals surface area contributed by atoms with Gasteiger partial charge in [-0.25, -0.2) is 4.98 Å². The highest BCUT2D eigenvalue weighted by atomic mass is 35.5. The summed E-state index contributed by atoms with van der Waals surface area (Å²) in [6, 6.07) is 11.4. The molecule has 1 heterocycles. The molecule has 0 unspecified atom stereocenters. The molecular weight excluding hydrogens is 481 g/mol. The summed E-state index contributed by atoms with van der Waals surface area (Å²) in [4.78, 5) is 22.8. The van der Waals surface area contributed by atoms with Gasteiger partial charge in [-0.05, 0) is 69.9 Å². The maximum absolute atomic E-state index is 13.1. The zero-order valence-corrected chi connectivity index (χ0v) is 21.0. The van der Waals surface area contributed by atoms with Crippen LogP contribution in [0.3, 0.4) is 0 Å². The van der Waals surface area contributed by atoms with E-state index < -0.39 is 0 Å². The van der Waals surface area contributed by atoms with Crippen LogP contribution in [-0.2, 0) is 4.79 Å². The van der Waals surface area contributed by atoms with Crippen LogP contribution in [0.5, 0.6) is 0 Å². The quantitative estimate of drug-likeness (QED) is 0.332. The molecule has 2 aromatic carbocycles. The average molecular weight is 505 g/mol. The van der Waals surface area contributed by atoms with Crippen LogP contribution in [0.15, 0.2) is 41.3 Å². The smallest absolute Gasteiger partial charge is 0.239 e. The number of hydrogen-bond acceptors (Lipinski definition) is 5. The molecule has 0 N–H and O–H groups in total. The molecule has 1 amide bonds. The van der Waals surface area contributed by atoms with E-state index in [9.17, 15) is 4.79 Å². The van der Waals surface area contributed by atoms with E-state index in [4.69, 9.17) is 28.2 Å². The fourth-order valence-corrected chi connectivity index (χ4v) is 5.09. The number of carbonyl (C=O) groups is 1. The molecule has 30 heavy (non-hydrogen) atoms. The van der Waals surface area contributed by atoms with Gasteiger partial charge in [0.15, 0.2) is 5.13 Å². The number of thiazole rings is 1. The molecule has 3 aromatic rings. The maximum atomic E-state index is 13.1. The molecule has 0 aliphatic rings. The predicted molar refractivity (Wildman–Crippen MR) is 134 cm³/mol. The number of rotatable bonds is 8.